The maximum absolute atomic E-state index is 10.7. The molecule has 1 aromatic rings. The van der Waals surface area contributed by atoms with E-state index in [0.717, 1.165) is 11.1 Å². The zero-order chi connectivity index (χ0) is 10.8. The van der Waals surface area contributed by atoms with Crippen molar-refractivity contribution in [3.63, 3.8) is 0 Å². The van der Waals surface area contributed by atoms with Crippen LogP contribution < -0.4 is 0 Å². The molecule has 1 atom stereocenters. The molecule has 1 unspecified atom stereocenters. The fourth-order valence-corrected chi connectivity index (χ4v) is 1.30. The lowest BCUT2D eigenvalue weighted by Crippen LogP contribution is -2.37. The number of benzene rings is 1. The molecule has 0 saturated carbocycles. The van der Waals surface area contributed by atoms with Crippen LogP contribution in [0.4, 0.5) is 0 Å². The number of aryl methyl sites for hydroxylation is 1. The van der Waals surface area contributed by atoms with Crippen LogP contribution in [0.3, 0.4) is 0 Å². The second kappa shape index (κ2) is 3.80. The molecule has 3 heteroatoms. The molecule has 1 aromatic carbocycles. The summed E-state index contributed by atoms with van der Waals surface area (Å²) in [6, 6.07) is 7.46. The second-order valence-corrected chi connectivity index (χ2v) is 3.74. The van der Waals surface area contributed by atoms with Crippen molar-refractivity contribution >= 4 is 5.97 Å². The SMILES string of the molecule is Cc1cccc(CC(C)(O)C(=O)O)c1. The average Bonchev–Trinajstić information content (AvgIpc) is 2.02. The molecule has 0 saturated heterocycles. The van der Waals surface area contributed by atoms with E-state index in [9.17, 15) is 9.90 Å². The predicted molar refractivity (Wildman–Crippen MR) is 53.1 cm³/mol. The van der Waals surface area contributed by atoms with Gasteiger partial charge < -0.3 is 10.2 Å². The smallest absolute Gasteiger partial charge is 0.335 e. The molecule has 1 rings (SSSR count). The van der Waals surface area contributed by atoms with Crippen LogP contribution in [0.25, 0.3) is 0 Å². The summed E-state index contributed by atoms with van der Waals surface area (Å²) in [6.45, 7) is 3.23. The third kappa shape index (κ3) is 2.57. The van der Waals surface area contributed by atoms with Crippen LogP contribution in [-0.2, 0) is 11.2 Å². The van der Waals surface area contributed by atoms with Crippen molar-refractivity contribution in [3.8, 4) is 0 Å². The molecule has 0 fully saturated rings. The Bertz CT molecular complexity index is 342. The van der Waals surface area contributed by atoms with Gasteiger partial charge in [0.15, 0.2) is 5.60 Å². The highest BCUT2D eigenvalue weighted by Gasteiger charge is 2.29. The minimum Gasteiger partial charge on any atom is -0.479 e. The number of hydrogen-bond donors (Lipinski definition) is 2. The van der Waals surface area contributed by atoms with Crippen LogP contribution >= 0.6 is 0 Å². The highest BCUT2D eigenvalue weighted by atomic mass is 16.4. The molecule has 2 N–H and O–H groups in total. The maximum atomic E-state index is 10.7. The number of hydrogen-bond acceptors (Lipinski definition) is 2. The summed E-state index contributed by atoms with van der Waals surface area (Å²) in [5.41, 5.74) is 0.203. The van der Waals surface area contributed by atoms with Crippen LogP contribution in [0.2, 0.25) is 0 Å². The standard InChI is InChI=1S/C11H14O3/c1-8-4-3-5-9(6-8)7-11(2,14)10(12)13/h3-6,14H,7H2,1-2H3,(H,12,13). The van der Waals surface area contributed by atoms with Crippen molar-refractivity contribution < 1.29 is 15.0 Å². The Morgan fingerprint density at radius 3 is 2.64 bits per heavy atom. The van der Waals surface area contributed by atoms with Gasteiger partial charge in [-0.1, -0.05) is 29.8 Å². The van der Waals surface area contributed by atoms with E-state index < -0.39 is 11.6 Å². The van der Waals surface area contributed by atoms with Crippen molar-refractivity contribution in [3.05, 3.63) is 35.4 Å². The summed E-state index contributed by atoms with van der Waals surface area (Å²) in [5, 5.41) is 18.3. The predicted octanol–water partition coefficient (Wildman–Crippen LogP) is 1.37. The van der Waals surface area contributed by atoms with Gasteiger partial charge in [0.1, 0.15) is 0 Å². The molecular weight excluding hydrogens is 180 g/mol. The van der Waals surface area contributed by atoms with E-state index >= 15 is 0 Å². The molecule has 0 amide bonds. The molecule has 0 radical (unpaired) electrons. The number of carboxylic acid groups (broad SMARTS) is 1. The van der Waals surface area contributed by atoms with Gasteiger partial charge in [-0.05, 0) is 19.4 Å². The third-order valence-electron chi connectivity index (χ3n) is 2.09. The summed E-state index contributed by atoms with van der Waals surface area (Å²) in [5.74, 6) is -1.20. The maximum Gasteiger partial charge on any atom is 0.335 e. The first kappa shape index (κ1) is 10.7. The Morgan fingerprint density at radius 2 is 2.14 bits per heavy atom. The monoisotopic (exact) mass is 194 g/mol. The molecule has 0 bridgehead atoms. The summed E-state index contributed by atoms with van der Waals surface area (Å²) < 4.78 is 0. The Hall–Kier alpha value is -1.35. The molecule has 0 aliphatic carbocycles. The Labute approximate surface area is 83.0 Å². The van der Waals surface area contributed by atoms with Crippen LogP contribution in [0.1, 0.15) is 18.1 Å². The molecule has 0 aliphatic heterocycles. The zero-order valence-electron chi connectivity index (χ0n) is 8.32. The highest BCUT2D eigenvalue weighted by molar-refractivity contribution is 5.76. The molecule has 0 heterocycles. The van der Waals surface area contributed by atoms with Gasteiger partial charge in [-0.3, -0.25) is 0 Å². The lowest BCUT2D eigenvalue weighted by Gasteiger charge is -2.17. The third-order valence-corrected chi connectivity index (χ3v) is 2.09. The van der Waals surface area contributed by atoms with Crippen molar-refractivity contribution in [1.29, 1.82) is 0 Å². The van der Waals surface area contributed by atoms with Gasteiger partial charge in [0.05, 0.1) is 0 Å². The quantitative estimate of drug-likeness (QED) is 0.764. The van der Waals surface area contributed by atoms with Gasteiger partial charge in [0.25, 0.3) is 0 Å². The number of aliphatic carboxylic acids is 1. The normalized spacial score (nSPS) is 14.8. The van der Waals surface area contributed by atoms with E-state index in [0.29, 0.717) is 0 Å². The molecule has 76 valence electrons. The summed E-state index contributed by atoms with van der Waals surface area (Å²) in [6.07, 6.45) is 0.129. The van der Waals surface area contributed by atoms with E-state index in [1.807, 2.05) is 31.2 Å². The first-order chi connectivity index (χ1) is 6.42. The van der Waals surface area contributed by atoms with Gasteiger partial charge in [-0.2, -0.15) is 0 Å². The minimum absolute atomic E-state index is 0.129. The van der Waals surface area contributed by atoms with Crippen LogP contribution in [-0.4, -0.2) is 21.8 Å². The molecule has 3 nitrogen and oxygen atoms in total. The van der Waals surface area contributed by atoms with E-state index in [1.54, 1.807) is 0 Å². The van der Waals surface area contributed by atoms with Gasteiger partial charge in [0.2, 0.25) is 0 Å². The zero-order valence-corrected chi connectivity index (χ0v) is 8.32. The highest BCUT2D eigenvalue weighted by Crippen LogP contribution is 2.14. The molecule has 0 spiro atoms. The van der Waals surface area contributed by atoms with Crippen LogP contribution in [0.5, 0.6) is 0 Å². The molecular formula is C11H14O3. The average molecular weight is 194 g/mol. The number of carboxylic acids is 1. The fraction of sp³-hybridized carbons (Fsp3) is 0.364. The van der Waals surface area contributed by atoms with Crippen molar-refractivity contribution in [1.82, 2.24) is 0 Å². The number of aliphatic hydroxyl groups is 1. The van der Waals surface area contributed by atoms with E-state index in [4.69, 9.17) is 5.11 Å². The first-order valence-corrected chi connectivity index (χ1v) is 4.43. The van der Waals surface area contributed by atoms with Crippen LogP contribution in [0.15, 0.2) is 24.3 Å². The van der Waals surface area contributed by atoms with Crippen LogP contribution in [0, 0.1) is 6.92 Å². The Kier molecular flexibility index (Phi) is 2.91. The van der Waals surface area contributed by atoms with E-state index in [2.05, 4.69) is 0 Å². The topological polar surface area (TPSA) is 57.5 Å². The van der Waals surface area contributed by atoms with E-state index in [-0.39, 0.29) is 6.42 Å². The number of rotatable bonds is 3. The first-order valence-electron chi connectivity index (χ1n) is 4.43. The minimum atomic E-state index is -1.69. The van der Waals surface area contributed by atoms with Crippen molar-refractivity contribution in [2.45, 2.75) is 25.9 Å². The van der Waals surface area contributed by atoms with Crippen molar-refractivity contribution in [2.24, 2.45) is 0 Å². The summed E-state index contributed by atoms with van der Waals surface area (Å²) in [7, 11) is 0. The van der Waals surface area contributed by atoms with E-state index in [1.165, 1.54) is 6.92 Å². The number of carbonyl (C=O) groups is 1. The van der Waals surface area contributed by atoms with Crippen molar-refractivity contribution in [2.75, 3.05) is 0 Å². The molecule has 14 heavy (non-hydrogen) atoms. The lowest BCUT2D eigenvalue weighted by molar-refractivity contribution is -0.156. The second-order valence-electron chi connectivity index (χ2n) is 3.74. The van der Waals surface area contributed by atoms with Gasteiger partial charge in [0, 0.05) is 6.42 Å². The summed E-state index contributed by atoms with van der Waals surface area (Å²) >= 11 is 0. The largest absolute Gasteiger partial charge is 0.479 e. The Balaban J connectivity index is 2.83. The molecule has 0 aromatic heterocycles. The summed E-state index contributed by atoms with van der Waals surface area (Å²) in [4.78, 5) is 10.7. The molecule has 0 aliphatic rings. The Morgan fingerprint density at radius 1 is 1.50 bits per heavy atom. The fourth-order valence-electron chi connectivity index (χ4n) is 1.30. The van der Waals surface area contributed by atoms with Gasteiger partial charge >= 0.3 is 5.97 Å². The van der Waals surface area contributed by atoms with Gasteiger partial charge in [-0.25, -0.2) is 4.79 Å². The lowest BCUT2D eigenvalue weighted by atomic mass is 9.96. The van der Waals surface area contributed by atoms with Gasteiger partial charge in [-0.15, -0.1) is 0 Å².